The van der Waals surface area contributed by atoms with E-state index in [-0.39, 0.29) is 18.9 Å². The van der Waals surface area contributed by atoms with Crippen molar-refractivity contribution < 1.29 is 19.0 Å². The zero-order chi connectivity index (χ0) is 13.8. The summed E-state index contributed by atoms with van der Waals surface area (Å²) in [6.07, 6.45) is 0.271. The van der Waals surface area contributed by atoms with Crippen molar-refractivity contribution in [1.29, 1.82) is 0 Å². The van der Waals surface area contributed by atoms with E-state index in [2.05, 4.69) is 0 Å². The van der Waals surface area contributed by atoms with Crippen LogP contribution in [0.3, 0.4) is 0 Å². The first-order valence-corrected chi connectivity index (χ1v) is 6.49. The molecule has 1 aromatic carbocycles. The van der Waals surface area contributed by atoms with Gasteiger partial charge in [0, 0.05) is 13.1 Å². The molecule has 5 nitrogen and oxygen atoms in total. The van der Waals surface area contributed by atoms with E-state index >= 15 is 0 Å². The van der Waals surface area contributed by atoms with Crippen molar-refractivity contribution in [3.8, 4) is 11.5 Å². The first-order valence-electron chi connectivity index (χ1n) is 5.96. The summed E-state index contributed by atoms with van der Waals surface area (Å²) in [5.74, 6) is 1.50. The van der Waals surface area contributed by atoms with Gasteiger partial charge in [0.1, 0.15) is 0 Å². The highest BCUT2D eigenvalue weighted by molar-refractivity contribution is 6.17. The van der Waals surface area contributed by atoms with E-state index in [9.17, 15) is 4.79 Å². The van der Waals surface area contributed by atoms with Gasteiger partial charge in [-0.1, -0.05) is 17.7 Å². The SMILES string of the molecule is CC(Cc1ccc2c(c1)OCO2)N(C)C(=O)OCCl. The molecule has 6 heteroatoms. The van der Waals surface area contributed by atoms with Crippen LogP contribution in [-0.2, 0) is 11.2 Å². The standard InChI is InChI=1S/C13H16ClNO4/c1-9(15(2)13(16)17-7-14)5-10-3-4-11-12(6-10)19-8-18-11/h3-4,6,9H,5,7-8H2,1-2H3. The molecule has 0 radical (unpaired) electrons. The van der Waals surface area contributed by atoms with E-state index in [1.165, 1.54) is 4.90 Å². The number of amides is 1. The number of carbonyl (C=O) groups is 1. The molecule has 104 valence electrons. The summed E-state index contributed by atoms with van der Waals surface area (Å²) in [6.45, 7) is 2.20. The third-order valence-electron chi connectivity index (χ3n) is 3.10. The van der Waals surface area contributed by atoms with Gasteiger partial charge in [0.05, 0.1) is 0 Å². The minimum atomic E-state index is -0.428. The average Bonchev–Trinajstić information content (AvgIpc) is 2.85. The molecule has 0 N–H and O–H groups in total. The van der Waals surface area contributed by atoms with Crippen molar-refractivity contribution in [2.75, 3.05) is 19.9 Å². The van der Waals surface area contributed by atoms with E-state index in [1.807, 2.05) is 25.1 Å². The molecular formula is C13H16ClNO4. The van der Waals surface area contributed by atoms with E-state index in [1.54, 1.807) is 7.05 Å². The Bertz CT molecular complexity index is 466. The van der Waals surface area contributed by atoms with Crippen LogP contribution < -0.4 is 9.47 Å². The third kappa shape index (κ3) is 3.23. The molecule has 19 heavy (non-hydrogen) atoms. The molecule has 0 bridgehead atoms. The number of likely N-dealkylation sites (N-methyl/N-ethyl adjacent to an activating group) is 1. The smallest absolute Gasteiger partial charge is 0.410 e. The molecule has 0 saturated carbocycles. The summed E-state index contributed by atoms with van der Waals surface area (Å²) in [5, 5.41) is 0. The molecule has 1 aliphatic heterocycles. The Kier molecular flexibility index (Phi) is 4.37. The Hall–Kier alpha value is -1.62. The van der Waals surface area contributed by atoms with Gasteiger partial charge in [-0.05, 0) is 31.0 Å². The monoisotopic (exact) mass is 285 g/mol. The minimum Gasteiger partial charge on any atom is -0.454 e. The fourth-order valence-corrected chi connectivity index (χ4v) is 1.97. The lowest BCUT2D eigenvalue weighted by atomic mass is 10.1. The van der Waals surface area contributed by atoms with E-state index < -0.39 is 6.09 Å². The van der Waals surface area contributed by atoms with E-state index in [4.69, 9.17) is 25.8 Å². The number of nitrogens with zero attached hydrogens (tertiary/aromatic N) is 1. The molecule has 0 saturated heterocycles. The molecule has 0 aliphatic carbocycles. The predicted octanol–water partition coefficient (Wildman–Crippen LogP) is 2.61. The van der Waals surface area contributed by atoms with Crippen LogP contribution in [0.25, 0.3) is 0 Å². The third-order valence-corrected chi connectivity index (χ3v) is 3.20. The van der Waals surface area contributed by atoms with Crippen LogP contribution in [0.2, 0.25) is 0 Å². The fraction of sp³-hybridized carbons (Fsp3) is 0.462. The largest absolute Gasteiger partial charge is 0.454 e. The maximum absolute atomic E-state index is 11.5. The molecule has 2 rings (SSSR count). The second-order valence-electron chi connectivity index (χ2n) is 4.37. The molecule has 1 amide bonds. The predicted molar refractivity (Wildman–Crippen MR) is 70.7 cm³/mol. The zero-order valence-electron chi connectivity index (χ0n) is 10.9. The molecular weight excluding hydrogens is 270 g/mol. The van der Waals surface area contributed by atoms with Gasteiger partial charge < -0.3 is 19.1 Å². The average molecular weight is 286 g/mol. The van der Waals surface area contributed by atoms with Crippen molar-refractivity contribution in [3.05, 3.63) is 23.8 Å². The molecule has 1 unspecified atom stereocenters. The van der Waals surface area contributed by atoms with Crippen LogP contribution in [-0.4, -0.2) is 36.9 Å². The zero-order valence-corrected chi connectivity index (χ0v) is 11.6. The lowest BCUT2D eigenvalue weighted by molar-refractivity contribution is 0.114. The summed E-state index contributed by atoms with van der Waals surface area (Å²) in [5.41, 5.74) is 1.07. The second kappa shape index (κ2) is 6.02. The first kappa shape index (κ1) is 13.8. The lowest BCUT2D eigenvalue weighted by Gasteiger charge is -2.23. The van der Waals surface area contributed by atoms with Gasteiger partial charge >= 0.3 is 6.09 Å². The van der Waals surface area contributed by atoms with Gasteiger partial charge in [0.2, 0.25) is 6.79 Å². The Morgan fingerprint density at radius 1 is 1.47 bits per heavy atom. The molecule has 0 aromatic heterocycles. The topological polar surface area (TPSA) is 48.0 Å². The van der Waals surface area contributed by atoms with E-state index in [0.717, 1.165) is 17.1 Å². The van der Waals surface area contributed by atoms with Crippen molar-refractivity contribution in [2.24, 2.45) is 0 Å². The number of ether oxygens (including phenoxy) is 3. The molecule has 0 fully saturated rings. The Labute approximate surface area is 117 Å². The molecule has 0 spiro atoms. The van der Waals surface area contributed by atoms with Gasteiger partial charge in [-0.15, -0.1) is 0 Å². The van der Waals surface area contributed by atoms with Crippen LogP contribution in [0.5, 0.6) is 11.5 Å². The van der Waals surface area contributed by atoms with Crippen molar-refractivity contribution in [2.45, 2.75) is 19.4 Å². The van der Waals surface area contributed by atoms with Gasteiger partial charge in [-0.25, -0.2) is 4.79 Å². The van der Waals surface area contributed by atoms with Gasteiger partial charge in [-0.3, -0.25) is 0 Å². The number of rotatable bonds is 4. The number of fused-ring (bicyclic) bond motifs is 1. The highest BCUT2D eigenvalue weighted by Gasteiger charge is 2.19. The van der Waals surface area contributed by atoms with Crippen molar-refractivity contribution in [3.63, 3.8) is 0 Å². The van der Waals surface area contributed by atoms with Crippen LogP contribution in [0, 0.1) is 0 Å². The van der Waals surface area contributed by atoms with Crippen LogP contribution in [0.1, 0.15) is 12.5 Å². The summed E-state index contributed by atoms with van der Waals surface area (Å²) < 4.78 is 15.3. The van der Waals surface area contributed by atoms with Crippen molar-refractivity contribution >= 4 is 17.7 Å². The quantitative estimate of drug-likeness (QED) is 0.798. The van der Waals surface area contributed by atoms with Gasteiger partial charge in [0.15, 0.2) is 17.6 Å². The number of halogens is 1. The summed E-state index contributed by atoms with van der Waals surface area (Å²) in [7, 11) is 1.69. The summed E-state index contributed by atoms with van der Waals surface area (Å²) >= 11 is 5.37. The highest BCUT2D eigenvalue weighted by atomic mass is 35.5. The number of alkyl halides is 1. The van der Waals surface area contributed by atoms with Gasteiger partial charge in [0.25, 0.3) is 0 Å². The Morgan fingerprint density at radius 2 is 2.21 bits per heavy atom. The molecule has 1 heterocycles. The highest BCUT2D eigenvalue weighted by Crippen LogP contribution is 2.32. The number of benzene rings is 1. The van der Waals surface area contributed by atoms with Crippen LogP contribution >= 0.6 is 11.6 Å². The van der Waals surface area contributed by atoms with Crippen LogP contribution in [0.15, 0.2) is 18.2 Å². The lowest BCUT2D eigenvalue weighted by Crippen LogP contribution is -2.36. The van der Waals surface area contributed by atoms with Crippen LogP contribution in [0.4, 0.5) is 4.79 Å². The molecule has 1 atom stereocenters. The number of hydrogen-bond donors (Lipinski definition) is 0. The molecule has 1 aliphatic rings. The Morgan fingerprint density at radius 3 is 2.95 bits per heavy atom. The van der Waals surface area contributed by atoms with Crippen molar-refractivity contribution in [1.82, 2.24) is 4.90 Å². The number of hydrogen-bond acceptors (Lipinski definition) is 4. The Balaban J connectivity index is 1.98. The summed E-state index contributed by atoms with van der Waals surface area (Å²) in [4.78, 5) is 13.1. The first-order chi connectivity index (χ1) is 9.11. The minimum absolute atomic E-state index is 0.00362. The fourth-order valence-electron chi connectivity index (χ4n) is 1.87. The maximum Gasteiger partial charge on any atom is 0.410 e. The number of carbonyl (C=O) groups excluding carboxylic acids is 1. The summed E-state index contributed by atoms with van der Waals surface area (Å²) in [6, 6.07) is 5.63. The second-order valence-corrected chi connectivity index (χ2v) is 4.59. The van der Waals surface area contributed by atoms with E-state index in [0.29, 0.717) is 6.42 Å². The normalized spacial score (nSPS) is 14.1. The molecule has 1 aromatic rings. The van der Waals surface area contributed by atoms with Gasteiger partial charge in [-0.2, -0.15) is 0 Å². The maximum atomic E-state index is 11.5.